The van der Waals surface area contributed by atoms with Gasteiger partial charge >= 0.3 is 5.97 Å². The molecule has 6 heteroatoms. The van der Waals surface area contributed by atoms with Gasteiger partial charge in [0.15, 0.2) is 0 Å². The van der Waals surface area contributed by atoms with Crippen LogP contribution < -0.4 is 5.32 Å². The average molecular weight is 258 g/mol. The molecule has 1 rings (SSSR count). The molecule has 1 aromatic carbocycles. The molecule has 0 fully saturated rings. The normalized spacial score (nSPS) is 10.0. The lowest BCUT2D eigenvalue weighted by atomic mass is 10.1. The number of carbonyl (C=O) groups is 2. The van der Waals surface area contributed by atoms with Gasteiger partial charge in [0.2, 0.25) is 5.91 Å². The van der Waals surface area contributed by atoms with Crippen LogP contribution in [0.2, 0.25) is 5.02 Å². The molecule has 0 aliphatic rings. The number of hydrogen-bond acceptors (Lipinski definition) is 3. The van der Waals surface area contributed by atoms with E-state index >= 15 is 0 Å². The molecular formula is C11H12ClNO4. The minimum Gasteiger partial charge on any atom is -0.506 e. The van der Waals surface area contributed by atoms with Crippen LogP contribution in [0.25, 0.3) is 0 Å². The van der Waals surface area contributed by atoms with Crippen LogP contribution in [0.4, 0.5) is 5.69 Å². The van der Waals surface area contributed by atoms with Crippen LogP contribution in [0.15, 0.2) is 12.1 Å². The van der Waals surface area contributed by atoms with Gasteiger partial charge in [0.05, 0.1) is 5.69 Å². The number of carboxylic acids is 1. The summed E-state index contributed by atoms with van der Waals surface area (Å²) in [4.78, 5) is 21.5. The Morgan fingerprint density at radius 1 is 1.41 bits per heavy atom. The van der Waals surface area contributed by atoms with Crippen molar-refractivity contribution < 1.29 is 19.8 Å². The molecule has 5 nitrogen and oxygen atoms in total. The molecule has 17 heavy (non-hydrogen) atoms. The van der Waals surface area contributed by atoms with Crippen molar-refractivity contribution in [3.8, 4) is 5.75 Å². The second kappa shape index (κ2) is 5.54. The fourth-order valence-corrected chi connectivity index (χ4v) is 1.65. The van der Waals surface area contributed by atoms with Gasteiger partial charge in [0.1, 0.15) is 5.75 Å². The second-order valence-corrected chi connectivity index (χ2v) is 3.90. The van der Waals surface area contributed by atoms with Crippen molar-refractivity contribution in [3.63, 3.8) is 0 Å². The fourth-order valence-electron chi connectivity index (χ4n) is 1.40. The Balaban J connectivity index is 3.10. The molecule has 0 spiro atoms. The molecule has 1 amide bonds. The van der Waals surface area contributed by atoms with Gasteiger partial charge < -0.3 is 15.5 Å². The zero-order valence-electron chi connectivity index (χ0n) is 9.16. The van der Waals surface area contributed by atoms with E-state index in [1.807, 2.05) is 0 Å². The van der Waals surface area contributed by atoms with Crippen molar-refractivity contribution in [2.75, 3.05) is 5.32 Å². The van der Waals surface area contributed by atoms with Gasteiger partial charge in [-0.3, -0.25) is 9.59 Å². The maximum absolute atomic E-state index is 11.0. The first-order chi connectivity index (χ1) is 7.91. The molecular weight excluding hydrogens is 246 g/mol. The smallest absolute Gasteiger partial charge is 0.303 e. The van der Waals surface area contributed by atoms with Gasteiger partial charge in [-0.05, 0) is 24.1 Å². The summed E-state index contributed by atoms with van der Waals surface area (Å²) >= 11 is 5.91. The summed E-state index contributed by atoms with van der Waals surface area (Å²) in [6.45, 7) is 1.29. The van der Waals surface area contributed by atoms with Gasteiger partial charge in [-0.1, -0.05) is 11.6 Å². The molecule has 0 aliphatic heterocycles. The van der Waals surface area contributed by atoms with Crippen molar-refractivity contribution in [2.24, 2.45) is 0 Å². The van der Waals surface area contributed by atoms with Crippen molar-refractivity contribution in [1.29, 1.82) is 0 Å². The summed E-state index contributed by atoms with van der Waals surface area (Å²) in [5, 5.41) is 21.0. The van der Waals surface area contributed by atoms with Crippen LogP contribution in [-0.2, 0) is 16.0 Å². The highest BCUT2D eigenvalue weighted by Crippen LogP contribution is 2.33. The maximum atomic E-state index is 11.0. The Hall–Kier alpha value is -1.75. The van der Waals surface area contributed by atoms with Crippen molar-refractivity contribution >= 4 is 29.2 Å². The summed E-state index contributed by atoms with van der Waals surface area (Å²) in [7, 11) is 0. The molecule has 0 radical (unpaired) electrons. The number of halogens is 1. The van der Waals surface area contributed by atoms with Crippen molar-refractivity contribution in [3.05, 3.63) is 22.7 Å². The number of rotatable bonds is 4. The zero-order valence-corrected chi connectivity index (χ0v) is 9.91. The van der Waals surface area contributed by atoms with Crippen molar-refractivity contribution in [1.82, 2.24) is 0 Å². The molecule has 1 aromatic rings. The number of amides is 1. The van der Waals surface area contributed by atoms with Crippen LogP contribution in [0, 0.1) is 0 Å². The first-order valence-corrected chi connectivity index (χ1v) is 5.29. The number of aromatic hydroxyl groups is 1. The Labute approximate surface area is 103 Å². The third-order valence-electron chi connectivity index (χ3n) is 2.12. The highest BCUT2D eigenvalue weighted by Gasteiger charge is 2.14. The summed E-state index contributed by atoms with van der Waals surface area (Å²) in [6.07, 6.45) is 0.00788. The average Bonchev–Trinajstić information content (AvgIpc) is 2.22. The van der Waals surface area contributed by atoms with E-state index < -0.39 is 5.97 Å². The van der Waals surface area contributed by atoms with Gasteiger partial charge in [-0.15, -0.1) is 0 Å². The molecule has 0 aromatic heterocycles. The SMILES string of the molecule is CC(=O)Nc1c(O)ccc(Cl)c1CCC(=O)O. The van der Waals surface area contributed by atoms with E-state index in [-0.39, 0.29) is 30.2 Å². The van der Waals surface area contributed by atoms with Crippen LogP contribution in [0.3, 0.4) is 0 Å². The lowest BCUT2D eigenvalue weighted by molar-refractivity contribution is -0.136. The summed E-state index contributed by atoms with van der Waals surface area (Å²) in [6, 6.07) is 2.80. The minimum absolute atomic E-state index is 0.129. The molecule has 0 bridgehead atoms. The molecule has 0 aliphatic carbocycles. The summed E-state index contributed by atoms with van der Waals surface area (Å²) < 4.78 is 0. The lowest BCUT2D eigenvalue weighted by Crippen LogP contribution is -2.09. The quantitative estimate of drug-likeness (QED) is 0.720. The maximum Gasteiger partial charge on any atom is 0.303 e. The Bertz CT molecular complexity index is 459. The largest absolute Gasteiger partial charge is 0.506 e. The van der Waals surface area contributed by atoms with E-state index in [0.717, 1.165) is 0 Å². The Kier molecular flexibility index (Phi) is 4.34. The monoisotopic (exact) mass is 257 g/mol. The number of nitrogens with one attached hydrogen (secondary N) is 1. The van der Waals surface area contributed by atoms with Gasteiger partial charge in [0, 0.05) is 18.4 Å². The molecule has 0 saturated heterocycles. The number of carboxylic acid groups (broad SMARTS) is 1. The van der Waals surface area contributed by atoms with E-state index in [1.165, 1.54) is 19.1 Å². The number of hydrogen-bond donors (Lipinski definition) is 3. The van der Waals surface area contributed by atoms with Crippen LogP contribution in [0.1, 0.15) is 18.9 Å². The van der Waals surface area contributed by atoms with Crippen LogP contribution in [0.5, 0.6) is 5.75 Å². The van der Waals surface area contributed by atoms with Gasteiger partial charge in [-0.2, -0.15) is 0 Å². The van der Waals surface area contributed by atoms with Crippen LogP contribution in [-0.4, -0.2) is 22.1 Å². The highest BCUT2D eigenvalue weighted by molar-refractivity contribution is 6.32. The predicted molar refractivity (Wildman–Crippen MR) is 63.4 cm³/mol. The van der Waals surface area contributed by atoms with E-state index in [1.54, 1.807) is 0 Å². The minimum atomic E-state index is -0.974. The first-order valence-electron chi connectivity index (χ1n) is 4.91. The molecule has 0 saturated carbocycles. The summed E-state index contributed by atoms with van der Waals surface area (Å²) in [5.41, 5.74) is 0.593. The first kappa shape index (κ1) is 13.3. The van der Waals surface area contributed by atoms with Gasteiger partial charge in [-0.25, -0.2) is 0 Å². The number of carbonyl (C=O) groups excluding carboxylic acids is 1. The Morgan fingerprint density at radius 3 is 2.59 bits per heavy atom. The molecule has 0 unspecified atom stereocenters. The topological polar surface area (TPSA) is 86.6 Å². The Morgan fingerprint density at radius 2 is 2.06 bits per heavy atom. The number of phenols is 1. The number of anilines is 1. The van der Waals surface area contributed by atoms with E-state index in [2.05, 4.69) is 5.32 Å². The molecule has 0 atom stereocenters. The van der Waals surface area contributed by atoms with Crippen molar-refractivity contribution in [2.45, 2.75) is 19.8 Å². The molecule has 3 N–H and O–H groups in total. The second-order valence-electron chi connectivity index (χ2n) is 3.49. The highest BCUT2D eigenvalue weighted by atomic mass is 35.5. The standard InChI is InChI=1S/C11H12ClNO4/c1-6(14)13-11-7(2-5-10(16)17)8(12)3-4-9(11)15/h3-4,15H,2,5H2,1H3,(H,13,14)(H,16,17). The zero-order chi connectivity index (χ0) is 13.0. The third-order valence-corrected chi connectivity index (χ3v) is 2.48. The number of aliphatic carboxylic acids is 1. The van der Waals surface area contributed by atoms with Gasteiger partial charge in [0.25, 0.3) is 0 Å². The molecule has 0 heterocycles. The third kappa shape index (κ3) is 3.64. The van der Waals surface area contributed by atoms with E-state index in [9.17, 15) is 14.7 Å². The fraction of sp³-hybridized carbons (Fsp3) is 0.273. The number of benzene rings is 1. The van der Waals surface area contributed by atoms with Crippen LogP contribution >= 0.6 is 11.6 Å². The van der Waals surface area contributed by atoms with E-state index in [0.29, 0.717) is 10.6 Å². The number of phenolic OH excluding ortho intramolecular Hbond substituents is 1. The predicted octanol–water partition coefficient (Wildman–Crippen LogP) is 2.02. The van der Waals surface area contributed by atoms with E-state index in [4.69, 9.17) is 16.7 Å². The lowest BCUT2D eigenvalue weighted by Gasteiger charge is -2.12. The summed E-state index contributed by atoms with van der Waals surface area (Å²) in [5.74, 6) is -1.47. The molecule has 92 valence electrons.